The van der Waals surface area contributed by atoms with Crippen LogP contribution >= 0.6 is 0 Å². The molecule has 1 rings (SSSR count). The molecule has 3 N–H and O–H groups in total. The summed E-state index contributed by atoms with van der Waals surface area (Å²) in [4.78, 5) is 0. The second-order valence-electron chi connectivity index (χ2n) is 7.11. The Hall–Kier alpha value is -0.900. The average Bonchev–Trinajstić information content (AvgIpc) is 2.58. The molecule has 0 bridgehead atoms. The third kappa shape index (κ3) is 7.47. The van der Waals surface area contributed by atoms with Crippen molar-refractivity contribution < 1.29 is 15.3 Å². The minimum atomic E-state index is -0.651. The zero-order valence-electron chi connectivity index (χ0n) is 14.8. The van der Waals surface area contributed by atoms with E-state index in [2.05, 4.69) is 19.1 Å². The van der Waals surface area contributed by atoms with Crippen molar-refractivity contribution in [2.75, 3.05) is 13.2 Å². The summed E-state index contributed by atoms with van der Waals surface area (Å²) >= 11 is 0. The molecule has 1 unspecified atom stereocenters. The Labute approximate surface area is 141 Å². The largest absolute Gasteiger partial charge is 0.396 e. The summed E-state index contributed by atoms with van der Waals surface area (Å²) in [5.74, 6) is 0. The maximum atomic E-state index is 10.3. The van der Waals surface area contributed by atoms with Gasteiger partial charge in [0, 0.05) is 5.41 Å². The fraction of sp³-hybridized carbons (Fsp3) is 0.700. The fourth-order valence-electron chi connectivity index (χ4n) is 2.78. The van der Waals surface area contributed by atoms with Gasteiger partial charge in [-0.05, 0) is 30.4 Å². The molecule has 1 aromatic carbocycles. The van der Waals surface area contributed by atoms with Crippen LogP contribution in [-0.4, -0.2) is 28.5 Å². The van der Waals surface area contributed by atoms with Crippen LogP contribution in [0.1, 0.15) is 76.0 Å². The zero-order valence-corrected chi connectivity index (χ0v) is 14.8. The molecule has 3 heteroatoms. The first kappa shape index (κ1) is 20.1. The summed E-state index contributed by atoms with van der Waals surface area (Å²) in [7, 11) is 0. The number of benzene rings is 1. The molecule has 0 aliphatic rings. The van der Waals surface area contributed by atoms with Crippen LogP contribution in [0, 0.1) is 5.41 Å². The van der Waals surface area contributed by atoms with Gasteiger partial charge in [-0.15, -0.1) is 0 Å². The molecule has 3 nitrogen and oxygen atoms in total. The van der Waals surface area contributed by atoms with Crippen LogP contribution in [0.25, 0.3) is 0 Å². The van der Waals surface area contributed by atoms with E-state index in [1.165, 1.54) is 44.1 Å². The number of hydrogen-bond donors (Lipinski definition) is 3. The van der Waals surface area contributed by atoms with Gasteiger partial charge >= 0.3 is 0 Å². The van der Waals surface area contributed by atoms with E-state index in [-0.39, 0.29) is 13.2 Å². The molecule has 132 valence electrons. The van der Waals surface area contributed by atoms with Crippen LogP contribution in [0.5, 0.6) is 0 Å². The van der Waals surface area contributed by atoms with Crippen LogP contribution in [-0.2, 0) is 6.42 Å². The van der Waals surface area contributed by atoms with Gasteiger partial charge in [0.05, 0.1) is 19.3 Å². The van der Waals surface area contributed by atoms with E-state index in [4.69, 9.17) is 0 Å². The van der Waals surface area contributed by atoms with E-state index in [0.29, 0.717) is 6.42 Å². The molecule has 0 saturated heterocycles. The lowest BCUT2D eigenvalue weighted by Gasteiger charge is -2.27. The minimum absolute atomic E-state index is 0.128. The lowest BCUT2D eigenvalue weighted by atomic mass is 9.84. The number of hydrogen-bond acceptors (Lipinski definition) is 3. The topological polar surface area (TPSA) is 60.7 Å². The molecule has 1 atom stereocenters. The average molecular weight is 322 g/mol. The Balaban J connectivity index is 2.40. The van der Waals surface area contributed by atoms with Gasteiger partial charge in [0.1, 0.15) is 0 Å². The van der Waals surface area contributed by atoms with Crippen LogP contribution in [0.3, 0.4) is 0 Å². The third-order valence-electron chi connectivity index (χ3n) is 4.63. The second kappa shape index (κ2) is 10.8. The van der Waals surface area contributed by atoms with Crippen LogP contribution in [0.2, 0.25) is 0 Å². The summed E-state index contributed by atoms with van der Waals surface area (Å²) in [6, 6.07) is 8.10. The first-order chi connectivity index (χ1) is 11.0. The molecule has 1 aromatic rings. The molecule has 0 saturated carbocycles. The molecule has 0 radical (unpaired) electrons. The molecular formula is C20H34O3. The Morgan fingerprint density at radius 1 is 0.913 bits per heavy atom. The lowest BCUT2D eigenvalue weighted by Crippen LogP contribution is -2.28. The van der Waals surface area contributed by atoms with Gasteiger partial charge in [-0.3, -0.25) is 0 Å². The van der Waals surface area contributed by atoms with Crippen LogP contribution in [0.15, 0.2) is 24.3 Å². The predicted octanol–water partition coefficient (Wildman–Crippen LogP) is 4.00. The number of unbranched alkanes of at least 4 members (excludes halogenated alkanes) is 5. The summed E-state index contributed by atoms with van der Waals surface area (Å²) in [5, 5.41) is 28.9. The Bertz CT molecular complexity index is 409. The van der Waals surface area contributed by atoms with Gasteiger partial charge in [0.2, 0.25) is 0 Å². The summed E-state index contributed by atoms with van der Waals surface area (Å²) in [6.45, 7) is 3.76. The van der Waals surface area contributed by atoms with Crippen LogP contribution in [0.4, 0.5) is 0 Å². The Morgan fingerprint density at radius 2 is 1.48 bits per heavy atom. The maximum Gasteiger partial charge on any atom is 0.0797 e. The van der Waals surface area contributed by atoms with Crippen molar-refractivity contribution in [2.45, 2.75) is 71.3 Å². The van der Waals surface area contributed by atoms with Crippen molar-refractivity contribution >= 4 is 0 Å². The van der Waals surface area contributed by atoms with Gasteiger partial charge in [0.25, 0.3) is 0 Å². The smallest absolute Gasteiger partial charge is 0.0797 e. The van der Waals surface area contributed by atoms with Crippen molar-refractivity contribution in [3.8, 4) is 0 Å². The molecular weight excluding hydrogens is 288 g/mol. The van der Waals surface area contributed by atoms with Gasteiger partial charge in [-0.1, -0.05) is 70.2 Å². The number of aryl methyl sites for hydroxylation is 1. The lowest BCUT2D eigenvalue weighted by molar-refractivity contribution is 0.0186. The number of aliphatic hydroxyl groups excluding tert-OH is 3. The molecule has 23 heavy (non-hydrogen) atoms. The van der Waals surface area contributed by atoms with E-state index in [0.717, 1.165) is 12.0 Å². The number of aliphatic hydroxyl groups is 3. The van der Waals surface area contributed by atoms with E-state index >= 15 is 0 Å². The maximum absolute atomic E-state index is 10.3. The Kier molecular flexibility index (Phi) is 9.46. The summed E-state index contributed by atoms with van der Waals surface area (Å²) in [5.41, 5.74) is 1.52. The second-order valence-corrected chi connectivity index (χ2v) is 7.11. The van der Waals surface area contributed by atoms with E-state index < -0.39 is 11.5 Å². The van der Waals surface area contributed by atoms with Crippen molar-refractivity contribution in [2.24, 2.45) is 5.41 Å². The fourth-order valence-corrected chi connectivity index (χ4v) is 2.78. The molecule has 0 aliphatic heterocycles. The van der Waals surface area contributed by atoms with Gasteiger partial charge < -0.3 is 15.3 Å². The first-order valence-corrected chi connectivity index (χ1v) is 9.03. The highest BCUT2D eigenvalue weighted by atomic mass is 16.3. The normalized spacial score (nSPS) is 13.3. The quantitative estimate of drug-likeness (QED) is 0.510. The molecule has 0 spiro atoms. The molecule has 0 aliphatic carbocycles. The molecule has 0 fully saturated rings. The zero-order chi connectivity index (χ0) is 17.1. The minimum Gasteiger partial charge on any atom is -0.396 e. The van der Waals surface area contributed by atoms with E-state index in [1.807, 2.05) is 12.1 Å². The van der Waals surface area contributed by atoms with Crippen molar-refractivity contribution in [1.29, 1.82) is 0 Å². The van der Waals surface area contributed by atoms with Crippen LogP contribution < -0.4 is 0 Å². The van der Waals surface area contributed by atoms with Crippen molar-refractivity contribution in [1.82, 2.24) is 0 Å². The highest BCUT2D eigenvalue weighted by molar-refractivity contribution is 5.24. The van der Waals surface area contributed by atoms with Gasteiger partial charge in [0.15, 0.2) is 0 Å². The third-order valence-corrected chi connectivity index (χ3v) is 4.63. The SMILES string of the molecule is CCCCCCCCc1ccc(C(O)CC(C)(CO)CO)cc1. The number of rotatable bonds is 12. The highest BCUT2D eigenvalue weighted by Crippen LogP contribution is 2.29. The van der Waals surface area contributed by atoms with Crippen molar-refractivity contribution in [3.63, 3.8) is 0 Å². The van der Waals surface area contributed by atoms with Gasteiger partial charge in [-0.2, -0.15) is 0 Å². The van der Waals surface area contributed by atoms with E-state index in [9.17, 15) is 15.3 Å². The highest BCUT2D eigenvalue weighted by Gasteiger charge is 2.26. The molecule has 0 amide bonds. The summed E-state index contributed by atoms with van der Waals surface area (Å²) in [6.07, 6.45) is 8.60. The monoisotopic (exact) mass is 322 g/mol. The van der Waals surface area contributed by atoms with Gasteiger partial charge in [-0.25, -0.2) is 0 Å². The molecule has 0 aromatic heterocycles. The molecule has 0 heterocycles. The summed E-state index contributed by atoms with van der Waals surface area (Å²) < 4.78 is 0. The Morgan fingerprint density at radius 3 is 2.04 bits per heavy atom. The standard InChI is InChI=1S/C20H34O3/c1-3-4-5-6-7-8-9-17-10-12-18(13-11-17)19(23)14-20(2,15-21)16-22/h10-13,19,21-23H,3-9,14-16H2,1-2H3. The van der Waals surface area contributed by atoms with E-state index in [1.54, 1.807) is 6.92 Å². The first-order valence-electron chi connectivity index (χ1n) is 9.03. The van der Waals surface area contributed by atoms with Crippen molar-refractivity contribution in [3.05, 3.63) is 35.4 Å². The predicted molar refractivity (Wildman–Crippen MR) is 95.4 cm³/mol.